The Labute approximate surface area is 168 Å². The van der Waals surface area contributed by atoms with Gasteiger partial charge in [-0.05, 0) is 48.1 Å². The molecule has 0 aromatic heterocycles. The Hall–Kier alpha value is 1.21. The molecule has 13 heteroatoms. The normalized spacial score (nSPS) is 9.54. The van der Waals surface area contributed by atoms with Crippen LogP contribution in [0.15, 0.2) is 23.1 Å². The molecular formula is C11H24Cl2O6P2S3. The Bertz CT molecular complexity index is 474. The van der Waals surface area contributed by atoms with Crippen LogP contribution in [0.5, 0.6) is 0 Å². The number of hydrogen-bond acceptors (Lipinski definition) is 3. The molecular weight excluding hydrogens is 457 g/mol. The van der Waals surface area contributed by atoms with Crippen LogP contribution in [-0.2, 0) is 23.6 Å². The van der Waals surface area contributed by atoms with Crippen molar-refractivity contribution in [1.29, 1.82) is 0 Å². The largest absolute Gasteiger partial charge is 0.325 e. The molecule has 1 rings (SSSR count). The lowest BCUT2D eigenvalue weighted by molar-refractivity contribution is 0.361. The van der Waals surface area contributed by atoms with E-state index in [2.05, 4.69) is 23.6 Å². The summed E-state index contributed by atoms with van der Waals surface area (Å²) >= 11 is 20.3. The Morgan fingerprint density at radius 3 is 1.33 bits per heavy atom. The summed E-state index contributed by atoms with van der Waals surface area (Å²) in [6.45, 7) is 0.389. The number of benzene rings is 1. The molecule has 146 valence electrons. The van der Waals surface area contributed by atoms with Crippen LogP contribution in [0.2, 0.25) is 10.0 Å². The van der Waals surface area contributed by atoms with Gasteiger partial charge >= 0.3 is 13.4 Å². The maximum absolute atomic E-state index is 7.56. The Morgan fingerprint density at radius 2 is 1.12 bits per heavy atom. The summed E-state index contributed by atoms with van der Waals surface area (Å²) in [6, 6.07) is 5.44. The van der Waals surface area contributed by atoms with Crippen LogP contribution in [0, 0.1) is 0 Å². The number of thioether (sulfide) groups is 1. The highest BCUT2D eigenvalue weighted by atomic mass is 35.5. The fourth-order valence-electron chi connectivity index (χ4n) is 0.634. The summed E-state index contributed by atoms with van der Waals surface area (Å²) in [7, 11) is 0. The Balaban J connectivity index is -0.000000123. The fraction of sp³-hybridized carbons (Fsp3) is 0.455. The lowest BCUT2D eigenvalue weighted by atomic mass is 10.4. The smallest absolute Gasteiger partial charge is 0.319 e. The molecule has 0 heterocycles. The van der Waals surface area contributed by atoms with E-state index in [1.54, 1.807) is 23.9 Å². The fourth-order valence-corrected chi connectivity index (χ4v) is 1.73. The van der Waals surface area contributed by atoms with Gasteiger partial charge in [-0.3, -0.25) is 0 Å². The van der Waals surface area contributed by atoms with E-state index >= 15 is 0 Å². The van der Waals surface area contributed by atoms with Gasteiger partial charge in [-0.1, -0.05) is 50.9 Å². The van der Waals surface area contributed by atoms with Gasteiger partial charge in [0.2, 0.25) is 0 Å². The van der Waals surface area contributed by atoms with E-state index in [-0.39, 0.29) is 0 Å². The molecule has 0 aliphatic carbocycles. The lowest BCUT2D eigenvalue weighted by Gasteiger charge is -1.98. The third kappa shape index (κ3) is 43.6. The molecule has 1 aromatic rings. The van der Waals surface area contributed by atoms with Crippen LogP contribution in [0.4, 0.5) is 0 Å². The maximum atomic E-state index is 7.56. The summed E-state index contributed by atoms with van der Waals surface area (Å²) in [4.78, 5) is 46.4. The first kappa shape index (κ1) is 32.8. The molecule has 0 saturated heterocycles. The van der Waals surface area contributed by atoms with Crippen LogP contribution in [0.25, 0.3) is 0 Å². The molecule has 0 radical (unpaired) electrons. The Morgan fingerprint density at radius 1 is 0.833 bits per heavy atom. The monoisotopic (exact) mass is 480 g/mol. The van der Waals surface area contributed by atoms with Crippen LogP contribution in [-0.4, -0.2) is 35.6 Å². The van der Waals surface area contributed by atoms with Crippen molar-refractivity contribution < 1.29 is 29.4 Å². The molecule has 0 bridgehead atoms. The predicted octanol–water partition coefficient (Wildman–Crippen LogP) is 4.14. The zero-order valence-corrected chi connectivity index (χ0v) is 19.5. The van der Waals surface area contributed by atoms with Crippen molar-refractivity contribution in [2.45, 2.75) is 32.6 Å². The molecule has 0 unspecified atom stereocenters. The van der Waals surface area contributed by atoms with Gasteiger partial charge in [0.1, 0.15) is 0 Å². The van der Waals surface area contributed by atoms with Crippen LogP contribution in [0.1, 0.15) is 27.7 Å². The molecule has 6 nitrogen and oxygen atoms in total. The van der Waals surface area contributed by atoms with Crippen LogP contribution < -0.4 is 0 Å². The highest BCUT2D eigenvalue weighted by Gasteiger charge is 1.97. The third-order valence-corrected chi connectivity index (χ3v) is 2.57. The zero-order valence-electron chi connectivity index (χ0n) is 13.8. The molecule has 0 atom stereocenters. The minimum absolute atomic E-state index is 0.730. The summed E-state index contributed by atoms with van der Waals surface area (Å²) < 4.78 is 0. The summed E-state index contributed by atoms with van der Waals surface area (Å²) in [5.74, 6) is 0. The average molecular weight is 481 g/mol. The standard InChI is InChI=1S/C7H6Cl2S.2C2H6.2H3O3PS/c1-10-7-4-5(8)2-3-6(7)9;2*1-2;2*1-4(2,3)5/h2-4H,1H3;2*1-2H3;2*(H3,1,2,3,5). The van der Waals surface area contributed by atoms with Crippen molar-refractivity contribution in [3.05, 3.63) is 28.2 Å². The Kier molecular flexibility index (Phi) is 26.0. The van der Waals surface area contributed by atoms with Gasteiger partial charge in [0, 0.05) is 9.92 Å². The van der Waals surface area contributed by atoms with Crippen molar-refractivity contribution in [3.63, 3.8) is 0 Å². The van der Waals surface area contributed by atoms with E-state index in [1.165, 1.54) is 0 Å². The van der Waals surface area contributed by atoms with E-state index < -0.39 is 13.4 Å². The first-order chi connectivity index (χ1) is 10.7. The van der Waals surface area contributed by atoms with Crippen LogP contribution in [0.3, 0.4) is 0 Å². The van der Waals surface area contributed by atoms with Crippen molar-refractivity contribution in [2.75, 3.05) is 6.26 Å². The molecule has 0 fully saturated rings. The summed E-state index contributed by atoms with van der Waals surface area (Å²) in [5, 5.41) is 1.49. The molecule has 0 saturated carbocycles. The highest BCUT2D eigenvalue weighted by molar-refractivity contribution is 8.06. The number of rotatable bonds is 1. The van der Waals surface area contributed by atoms with Gasteiger partial charge < -0.3 is 29.4 Å². The van der Waals surface area contributed by atoms with Gasteiger partial charge in [0.05, 0.1) is 5.02 Å². The molecule has 0 aliphatic heterocycles. The molecule has 1 aromatic carbocycles. The second-order valence-electron chi connectivity index (χ2n) is 2.81. The van der Waals surface area contributed by atoms with Gasteiger partial charge in [-0.15, -0.1) is 11.8 Å². The van der Waals surface area contributed by atoms with E-state index in [4.69, 9.17) is 52.6 Å². The molecule has 0 amide bonds. The van der Waals surface area contributed by atoms with Crippen molar-refractivity contribution in [1.82, 2.24) is 0 Å². The zero-order chi connectivity index (χ0) is 20.6. The first-order valence-corrected chi connectivity index (χ1v) is 13.6. The molecule has 24 heavy (non-hydrogen) atoms. The SMILES string of the molecule is CC.CC.CSc1cc(Cl)ccc1Cl.OP(O)(O)=S.OP(O)(O)=S. The van der Waals surface area contributed by atoms with Gasteiger partial charge in [-0.25, -0.2) is 0 Å². The maximum Gasteiger partial charge on any atom is 0.319 e. The summed E-state index contributed by atoms with van der Waals surface area (Å²) in [5.41, 5.74) is 0. The second kappa shape index (κ2) is 19.0. The first-order valence-electron chi connectivity index (χ1n) is 6.29. The van der Waals surface area contributed by atoms with Crippen molar-refractivity contribution in [2.24, 2.45) is 0 Å². The van der Waals surface area contributed by atoms with E-state index in [1.807, 2.05) is 40.0 Å². The van der Waals surface area contributed by atoms with E-state index in [9.17, 15) is 0 Å². The minimum Gasteiger partial charge on any atom is -0.325 e. The average Bonchev–Trinajstić information content (AvgIpc) is 2.42. The minimum atomic E-state index is -3.81. The quantitative estimate of drug-likeness (QED) is 0.260. The van der Waals surface area contributed by atoms with Crippen molar-refractivity contribution >= 4 is 72.0 Å². The summed E-state index contributed by atoms with van der Waals surface area (Å²) in [6.07, 6.45) is 1.97. The van der Waals surface area contributed by atoms with Gasteiger partial charge in [0.15, 0.2) is 0 Å². The van der Waals surface area contributed by atoms with E-state index in [0.29, 0.717) is 0 Å². The molecule has 0 aliphatic rings. The van der Waals surface area contributed by atoms with E-state index in [0.717, 1.165) is 14.9 Å². The van der Waals surface area contributed by atoms with Gasteiger partial charge in [-0.2, -0.15) is 0 Å². The number of hydrogen-bond donors (Lipinski definition) is 6. The number of halogens is 2. The van der Waals surface area contributed by atoms with Crippen LogP contribution >= 0.6 is 48.4 Å². The van der Waals surface area contributed by atoms with Gasteiger partial charge in [0.25, 0.3) is 0 Å². The highest BCUT2D eigenvalue weighted by Crippen LogP contribution is 2.28. The predicted molar refractivity (Wildman–Crippen MR) is 113 cm³/mol. The topological polar surface area (TPSA) is 121 Å². The van der Waals surface area contributed by atoms with Crippen molar-refractivity contribution in [3.8, 4) is 0 Å². The second-order valence-corrected chi connectivity index (χ2v) is 9.49. The molecule has 6 N–H and O–H groups in total. The molecule has 0 spiro atoms. The third-order valence-electron chi connectivity index (χ3n) is 1.11. The lowest BCUT2D eigenvalue weighted by Crippen LogP contribution is -1.71.